The van der Waals surface area contributed by atoms with Gasteiger partial charge in [-0.3, -0.25) is 9.59 Å². The summed E-state index contributed by atoms with van der Waals surface area (Å²) in [6.07, 6.45) is 4.93. The highest BCUT2D eigenvalue weighted by Crippen LogP contribution is 2.23. The fourth-order valence-electron chi connectivity index (χ4n) is 2.82. The molecule has 0 heterocycles. The van der Waals surface area contributed by atoms with Gasteiger partial charge in [-0.2, -0.15) is 0 Å². The second kappa shape index (κ2) is 7.34. The van der Waals surface area contributed by atoms with E-state index in [0.717, 1.165) is 19.3 Å². The second-order valence-electron chi connectivity index (χ2n) is 5.87. The first kappa shape index (κ1) is 15.7. The average Bonchev–Trinajstić information content (AvgIpc) is 2.48. The van der Waals surface area contributed by atoms with E-state index in [0.29, 0.717) is 11.5 Å². The molecule has 21 heavy (non-hydrogen) atoms. The summed E-state index contributed by atoms with van der Waals surface area (Å²) in [4.78, 5) is 23.8. The SMILES string of the molecule is C[C@@H]1CCCC[C@H]1NC(=O)CCC(=O)c1ccc(F)cc1. The van der Waals surface area contributed by atoms with Crippen LogP contribution in [0.2, 0.25) is 0 Å². The number of hydrogen-bond acceptors (Lipinski definition) is 2. The van der Waals surface area contributed by atoms with E-state index in [1.807, 2.05) is 0 Å². The molecule has 1 aromatic carbocycles. The molecule has 4 heteroatoms. The monoisotopic (exact) mass is 291 g/mol. The number of benzene rings is 1. The highest BCUT2D eigenvalue weighted by Gasteiger charge is 2.22. The van der Waals surface area contributed by atoms with Crippen LogP contribution in [0.1, 0.15) is 55.8 Å². The lowest BCUT2D eigenvalue weighted by atomic mass is 9.86. The number of rotatable bonds is 5. The predicted octanol–water partition coefficient (Wildman–Crippen LogP) is 3.48. The van der Waals surface area contributed by atoms with E-state index in [1.165, 1.54) is 30.7 Å². The van der Waals surface area contributed by atoms with Gasteiger partial charge in [0.2, 0.25) is 5.91 Å². The number of amides is 1. The van der Waals surface area contributed by atoms with E-state index in [4.69, 9.17) is 0 Å². The topological polar surface area (TPSA) is 46.2 Å². The summed E-state index contributed by atoms with van der Waals surface area (Å²) in [6, 6.07) is 5.68. The number of carbonyl (C=O) groups is 2. The van der Waals surface area contributed by atoms with Gasteiger partial charge in [-0.15, -0.1) is 0 Å². The Morgan fingerprint density at radius 3 is 2.48 bits per heavy atom. The molecule has 1 aromatic rings. The van der Waals surface area contributed by atoms with E-state index in [1.54, 1.807) is 0 Å². The summed E-state index contributed by atoms with van der Waals surface area (Å²) in [6.45, 7) is 2.16. The summed E-state index contributed by atoms with van der Waals surface area (Å²) >= 11 is 0. The van der Waals surface area contributed by atoms with Crippen LogP contribution in [0.3, 0.4) is 0 Å². The van der Waals surface area contributed by atoms with Crippen LogP contribution >= 0.6 is 0 Å². The van der Waals surface area contributed by atoms with Crippen LogP contribution in [0.25, 0.3) is 0 Å². The first-order chi connectivity index (χ1) is 10.1. The second-order valence-corrected chi connectivity index (χ2v) is 5.87. The summed E-state index contributed by atoms with van der Waals surface area (Å²) in [5.74, 6) is -0.0443. The molecular formula is C17H22FNO2. The lowest BCUT2D eigenvalue weighted by molar-refractivity contribution is -0.122. The van der Waals surface area contributed by atoms with E-state index < -0.39 is 0 Å². The van der Waals surface area contributed by atoms with Crippen molar-refractivity contribution in [1.29, 1.82) is 0 Å². The van der Waals surface area contributed by atoms with Crippen molar-refractivity contribution in [2.45, 2.75) is 51.5 Å². The van der Waals surface area contributed by atoms with Gasteiger partial charge in [0.15, 0.2) is 5.78 Å². The molecule has 0 saturated heterocycles. The van der Waals surface area contributed by atoms with Gasteiger partial charge >= 0.3 is 0 Å². The van der Waals surface area contributed by atoms with Crippen LogP contribution in [-0.2, 0) is 4.79 Å². The molecule has 0 aliphatic heterocycles. The maximum absolute atomic E-state index is 12.8. The maximum atomic E-state index is 12.8. The van der Waals surface area contributed by atoms with Gasteiger partial charge in [0.25, 0.3) is 0 Å². The van der Waals surface area contributed by atoms with Gasteiger partial charge in [0.1, 0.15) is 5.82 Å². The highest BCUT2D eigenvalue weighted by atomic mass is 19.1. The Bertz CT molecular complexity index is 498. The molecule has 1 aliphatic rings. The van der Waals surface area contributed by atoms with E-state index >= 15 is 0 Å². The Kier molecular flexibility index (Phi) is 5.48. The number of carbonyl (C=O) groups excluding carboxylic acids is 2. The predicted molar refractivity (Wildman–Crippen MR) is 79.5 cm³/mol. The molecule has 0 unspecified atom stereocenters. The number of ketones is 1. The molecule has 3 nitrogen and oxygen atoms in total. The fraction of sp³-hybridized carbons (Fsp3) is 0.529. The fourth-order valence-corrected chi connectivity index (χ4v) is 2.82. The average molecular weight is 291 g/mol. The summed E-state index contributed by atoms with van der Waals surface area (Å²) in [5.41, 5.74) is 0.454. The van der Waals surface area contributed by atoms with Crippen LogP contribution in [0.4, 0.5) is 4.39 Å². The number of nitrogens with one attached hydrogen (secondary N) is 1. The minimum Gasteiger partial charge on any atom is -0.353 e. The normalized spacial score (nSPS) is 21.8. The molecular weight excluding hydrogens is 269 g/mol. The van der Waals surface area contributed by atoms with Crippen LogP contribution in [0.15, 0.2) is 24.3 Å². The Morgan fingerprint density at radius 2 is 1.81 bits per heavy atom. The van der Waals surface area contributed by atoms with Crippen LogP contribution in [0.5, 0.6) is 0 Å². The Hall–Kier alpha value is -1.71. The van der Waals surface area contributed by atoms with Crippen molar-refractivity contribution in [2.75, 3.05) is 0 Å². The molecule has 114 valence electrons. The van der Waals surface area contributed by atoms with Gasteiger partial charge in [0, 0.05) is 24.4 Å². The van der Waals surface area contributed by atoms with Crippen LogP contribution in [-0.4, -0.2) is 17.7 Å². The third-order valence-electron chi connectivity index (χ3n) is 4.20. The van der Waals surface area contributed by atoms with Crippen molar-refractivity contribution < 1.29 is 14.0 Å². The zero-order valence-corrected chi connectivity index (χ0v) is 12.4. The first-order valence-electron chi connectivity index (χ1n) is 7.64. The van der Waals surface area contributed by atoms with Crippen molar-refractivity contribution in [1.82, 2.24) is 5.32 Å². The van der Waals surface area contributed by atoms with Gasteiger partial charge in [-0.1, -0.05) is 19.8 Å². The molecule has 0 spiro atoms. The molecule has 0 radical (unpaired) electrons. The van der Waals surface area contributed by atoms with Crippen LogP contribution < -0.4 is 5.32 Å². The van der Waals surface area contributed by atoms with Gasteiger partial charge < -0.3 is 5.32 Å². The van der Waals surface area contributed by atoms with Crippen molar-refractivity contribution in [3.8, 4) is 0 Å². The first-order valence-corrected chi connectivity index (χ1v) is 7.64. The standard InChI is InChI=1S/C17H22FNO2/c1-12-4-2-3-5-15(12)19-17(21)11-10-16(20)13-6-8-14(18)9-7-13/h6-9,12,15H,2-5,10-11H2,1H3,(H,19,21)/t12-,15-/m1/s1. The molecule has 1 N–H and O–H groups in total. The Balaban J connectivity index is 1.78. The highest BCUT2D eigenvalue weighted by molar-refractivity contribution is 5.97. The molecule has 0 aromatic heterocycles. The molecule has 1 aliphatic carbocycles. The van der Waals surface area contributed by atoms with Crippen molar-refractivity contribution in [3.63, 3.8) is 0 Å². The van der Waals surface area contributed by atoms with Crippen molar-refractivity contribution in [2.24, 2.45) is 5.92 Å². The van der Waals surface area contributed by atoms with Crippen molar-refractivity contribution >= 4 is 11.7 Å². The van der Waals surface area contributed by atoms with Gasteiger partial charge in [-0.25, -0.2) is 4.39 Å². The van der Waals surface area contributed by atoms with E-state index in [-0.39, 0.29) is 36.4 Å². The van der Waals surface area contributed by atoms with Crippen molar-refractivity contribution in [3.05, 3.63) is 35.6 Å². The largest absolute Gasteiger partial charge is 0.353 e. The number of hydrogen-bond donors (Lipinski definition) is 1. The molecule has 2 rings (SSSR count). The third-order valence-corrected chi connectivity index (χ3v) is 4.20. The van der Waals surface area contributed by atoms with Crippen LogP contribution in [0, 0.1) is 11.7 Å². The maximum Gasteiger partial charge on any atom is 0.220 e. The Labute approximate surface area is 124 Å². The minimum atomic E-state index is -0.365. The minimum absolute atomic E-state index is 0.0655. The Morgan fingerprint density at radius 1 is 1.14 bits per heavy atom. The number of Topliss-reactive ketones (excluding diaryl/α,β-unsaturated/α-hetero) is 1. The van der Waals surface area contributed by atoms with E-state index in [9.17, 15) is 14.0 Å². The third kappa shape index (κ3) is 4.66. The molecule has 2 atom stereocenters. The number of halogens is 1. The molecule has 0 bridgehead atoms. The zero-order chi connectivity index (χ0) is 15.2. The summed E-state index contributed by atoms with van der Waals surface area (Å²) < 4.78 is 12.8. The smallest absolute Gasteiger partial charge is 0.220 e. The molecule has 1 fully saturated rings. The van der Waals surface area contributed by atoms with E-state index in [2.05, 4.69) is 12.2 Å². The quantitative estimate of drug-likeness (QED) is 0.844. The lowest BCUT2D eigenvalue weighted by Gasteiger charge is -2.29. The molecule has 1 amide bonds. The summed E-state index contributed by atoms with van der Waals surface area (Å²) in [7, 11) is 0. The summed E-state index contributed by atoms with van der Waals surface area (Å²) in [5, 5.41) is 3.03. The van der Waals surface area contributed by atoms with Gasteiger partial charge in [-0.05, 0) is 43.0 Å². The van der Waals surface area contributed by atoms with Gasteiger partial charge in [0.05, 0.1) is 0 Å². The molecule has 1 saturated carbocycles. The zero-order valence-electron chi connectivity index (χ0n) is 12.4. The lowest BCUT2D eigenvalue weighted by Crippen LogP contribution is -2.41.